The second-order valence-corrected chi connectivity index (χ2v) is 8.42. The van der Waals surface area contributed by atoms with Crippen LogP contribution in [-0.2, 0) is 14.8 Å². The summed E-state index contributed by atoms with van der Waals surface area (Å²) in [6.45, 7) is 3.89. The zero-order valence-corrected chi connectivity index (χ0v) is 17.0. The van der Waals surface area contributed by atoms with Gasteiger partial charge in [-0.1, -0.05) is 42.0 Å². The summed E-state index contributed by atoms with van der Waals surface area (Å²) >= 11 is 0. The number of carbonyl (C=O) groups is 1. The van der Waals surface area contributed by atoms with Crippen LogP contribution >= 0.6 is 0 Å². The van der Waals surface area contributed by atoms with Gasteiger partial charge in [-0.15, -0.1) is 0 Å². The lowest BCUT2D eigenvalue weighted by Crippen LogP contribution is -2.13. The minimum atomic E-state index is -3.70. The van der Waals surface area contributed by atoms with Crippen LogP contribution in [0.1, 0.15) is 16.7 Å². The van der Waals surface area contributed by atoms with Crippen molar-refractivity contribution in [2.24, 2.45) is 0 Å². The third kappa shape index (κ3) is 5.80. The highest BCUT2D eigenvalue weighted by Crippen LogP contribution is 2.19. The van der Waals surface area contributed by atoms with Crippen LogP contribution in [0.5, 0.6) is 0 Å². The van der Waals surface area contributed by atoms with E-state index in [-0.39, 0.29) is 10.8 Å². The van der Waals surface area contributed by atoms with Crippen LogP contribution in [0.2, 0.25) is 0 Å². The summed E-state index contributed by atoms with van der Waals surface area (Å²) in [6, 6.07) is 21.0. The van der Waals surface area contributed by atoms with Crippen LogP contribution in [-0.4, -0.2) is 14.3 Å². The number of anilines is 2. The zero-order chi connectivity index (χ0) is 20.9. The van der Waals surface area contributed by atoms with Gasteiger partial charge in [0.2, 0.25) is 5.91 Å². The maximum absolute atomic E-state index is 12.5. The van der Waals surface area contributed by atoms with E-state index in [1.807, 2.05) is 44.2 Å². The summed E-state index contributed by atoms with van der Waals surface area (Å²) in [5.41, 5.74) is 4.05. The molecule has 29 heavy (non-hydrogen) atoms. The highest BCUT2D eigenvalue weighted by atomic mass is 32.2. The molecule has 3 aromatic carbocycles. The van der Waals surface area contributed by atoms with Gasteiger partial charge in [0.15, 0.2) is 0 Å². The molecule has 3 aromatic rings. The first-order valence-corrected chi connectivity index (χ1v) is 10.6. The molecule has 0 aliphatic rings. The SMILES string of the molecule is Cc1ccc(/C=C/C(=O)Nc2ccc(S(=O)(=O)Nc3cccc(C)c3)cc2)cc1. The Morgan fingerprint density at radius 2 is 1.52 bits per heavy atom. The normalized spacial score (nSPS) is 11.4. The Bertz CT molecular complexity index is 1130. The Morgan fingerprint density at radius 3 is 2.17 bits per heavy atom. The topological polar surface area (TPSA) is 75.3 Å². The average molecular weight is 407 g/mol. The van der Waals surface area contributed by atoms with Crippen molar-refractivity contribution in [1.29, 1.82) is 0 Å². The minimum absolute atomic E-state index is 0.118. The highest BCUT2D eigenvalue weighted by Gasteiger charge is 2.14. The number of aryl methyl sites for hydroxylation is 2. The van der Waals surface area contributed by atoms with Crippen molar-refractivity contribution < 1.29 is 13.2 Å². The second-order valence-electron chi connectivity index (χ2n) is 6.73. The largest absolute Gasteiger partial charge is 0.323 e. The third-order valence-electron chi connectivity index (χ3n) is 4.21. The van der Waals surface area contributed by atoms with Crippen LogP contribution in [0.15, 0.2) is 83.8 Å². The average Bonchev–Trinajstić information content (AvgIpc) is 2.68. The summed E-state index contributed by atoms with van der Waals surface area (Å²) in [6.07, 6.45) is 3.16. The van der Waals surface area contributed by atoms with Gasteiger partial charge in [-0.3, -0.25) is 9.52 Å². The summed E-state index contributed by atoms with van der Waals surface area (Å²) < 4.78 is 27.6. The Morgan fingerprint density at radius 1 is 0.828 bits per heavy atom. The molecule has 0 saturated heterocycles. The standard InChI is InChI=1S/C23H22N2O3S/c1-17-6-8-19(9-7-17)10-15-23(26)24-20-11-13-22(14-12-20)29(27,28)25-21-5-3-4-18(2)16-21/h3-16,25H,1-2H3,(H,24,26)/b15-10+. The number of amides is 1. The van der Waals surface area contributed by atoms with Crippen molar-refractivity contribution in [3.8, 4) is 0 Å². The lowest BCUT2D eigenvalue weighted by Gasteiger charge is -2.09. The molecule has 3 rings (SSSR count). The zero-order valence-electron chi connectivity index (χ0n) is 16.2. The van der Waals surface area contributed by atoms with Crippen molar-refractivity contribution in [2.75, 3.05) is 10.0 Å². The molecule has 6 heteroatoms. The van der Waals surface area contributed by atoms with Crippen LogP contribution in [0.4, 0.5) is 11.4 Å². The summed E-state index contributed by atoms with van der Waals surface area (Å²) in [5, 5.41) is 2.72. The highest BCUT2D eigenvalue weighted by molar-refractivity contribution is 7.92. The lowest BCUT2D eigenvalue weighted by atomic mass is 10.1. The molecule has 0 atom stereocenters. The molecule has 0 bridgehead atoms. The first-order chi connectivity index (χ1) is 13.8. The first-order valence-electron chi connectivity index (χ1n) is 9.07. The van der Waals surface area contributed by atoms with Gasteiger partial charge in [-0.25, -0.2) is 8.42 Å². The molecule has 0 saturated carbocycles. The fourth-order valence-corrected chi connectivity index (χ4v) is 3.72. The Hall–Kier alpha value is -3.38. The Balaban J connectivity index is 1.64. The fraction of sp³-hybridized carbons (Fsp3) is 0.0870. The molecule has 148 valence electrons. The van der Waals surface area contributed by atoms with E-state index in [2.05, 4.69) is 10.0 Å². The van der Waals surface area contributed by atoms with Gasteiger partial charge in [-0.05, 0) is 67.4 Å². The molecule has 2 N–H and O–H groups in total. The van der Waals surface area contributed by atoms with Crippen LogP contribution in [0.25, 0.3) is 6.08 Å². The van der Waals surface area contributed by atoms with E-state index in [9.17, 15) is 13.2 Å². The molecule has 0 fully saturated rings. The van der Waals surface area contributed by atoms with Gasteiger partial charge in [0, 0.05) is 17.5 Å². The van der Waals surface area contributed by atoms with Gasteiger partial charge >= 0.3 is 0 Å². The number of rotatable bonds is 6. The molecule has 0 radical (unpaired) electrons. The van der Waals surface area contributed by atoms with Gasteiger partial charge < -0.3 is 5.32 Å². The summed E-state index contributed by atoms with van der Waals surface area (Å²) in [5.74, 6) is -0.293. The summed E-state index contributed by atoms with van der Waals surface area (Å²) in [7, 11) is -3.70. The van der Waals surface area contributed by atoms with Crippen molar-refractivity contribution in [1.82, 2.24) is 0 Å². The third-order valence-corrected chi connectivity index (χ3v) is 5.60. The van der Waals surface area contributed by atoms with Crippen LogP contribution in [0.3, 0.4) is 0 Å². The van der Waals surface area contributed by atoms with Crippen LogP contribution in [0, 0.1) is 13.8 Å². The van der Waals surface area contributed by atoms with Crippen molar-refractivity contribution in [3.63, 3.8) is 0 Å². The van der Waals surface area contributed by atoms with E-state index >= 15 is 0 Å². The predicted octanol–water partition coefficient (Wildman–Crippen LogP) is 4.76. The van der Waals surface area contributed by atoms with Crippen LogP contribution < -0.4 is 10.0 Å². The number of hydrogen-bond acceptors (Lipinski definition) is 3. The van der Waals surface area contributed by atoms with E-state index in [1.54, 1.807) is 36.4 Å². The molecule has 5 nitrogen and oxygen atoms in total. The summed E-state index contributed by atoms with van der Waals surface area (Å²) in [4.78, 5) is 12.2. The van der Waals surface area contributed by atoms with Gasteiger partial charge in [0.25, 0.3) is 10.0 Å². The van der Waals surface area contributed by atoms with E-state index in [0.717, 1.165) is 16.7 Å². The number of carbonyl (C=O) groups excluding carboxylic acids is 1. The van der Waals surface area contributed by atoms with E-state index in [0.29, 0.717) is 11.4 Å². The minimum Gasteiger partial charge on any atom is -0.323 e. The van der Waals surface area contributed by atoms with E-state index < -0.39 is 10.0 Å². The fourth-order valence-electron chi connectivity index (χ4n) is 2.67. The second kappa shape index (κ2) is 8.75. The maximum Gasteiger partial charge on any atom is 0.261 e. The Kier molecular flexibility index (Phi) is 6.14. The molecule has 0 aliphatic heterocycles. The van der Waals surface area contributed by atoms with E-state index in [1.165, 1.54) is 18.2 Å². The smallest absolute Gasteiger partial charge is 0.261 e. The molecule has 0 aromatic heterocycles. The maximum atomic E-state index is 12.5. The molecular weight excluding hydrogens is 384 g/mol. The first kappa shape index (κ1) is 20.4. The number of hydrogen-bond donors (Lipinski definition) is 2. The van der Waals surface area contributed by atoms with E-state index in [4.69, 9.17) is 0 Å². The van der Waals surface area contributed by atoms with Gasteiger partial charge in [0.1, 0.15) is 0 Å². The van der Waals surface area contributed by atoms with Crippen molar-refractivity contribution >= 4 is 33.4 Å². The van der Waals surface area contributed by atoms with Crippen molar-refractivity contribution in [3.05, 3.63) is 95.6 Å². The number of sulfonamides is 1. The quantitative estimate of drug-likeness (QED) is 0.580. The Labute approximate surface area is 171 Å². The monoisotopic (exact) mass is 406 g/mol. The van der Waals surface area contributed by atoms with Crippen molar-refractivity contribution in [2.45, 2.75) is 18.7 Å². The molecular formula is C23H22N2O3S. The molecule has 1 amide bonds. The lowest BCUT2D eigenvalue weighted by molar-refractivity contribution is -0.111. The van der Waals surface area contributed by atoms with Gasteiger partial charge in [0.05, 0.1) is 4.90 Å². The molecule has 0 aliphatic carbocycles. The van der Waals surface area contributed by atoms with Gasteiger partial charge in [-0.2, -0.15) is 0 Å². The predicted molar refractivity (Wildman–Crippen MR) is 117 cm³/mol. The molecule has 0 spiro atoms. The molecule has 0 unspecified atom stereocenters. The molecule has 0 heterocycles. The number of nitrogens with one attached hydrogen (secondary N) is 2. The number of benzene rings is 3.